The summed E-state index contributed by atoms with van der Waals surface area (Å²) in [5.41, 5.74) is -0.505. The van der Waals surface area contributed by atoms with E-state index in [1.54, 1.807) is 0 Å². The summed E-state index contributed by atoms with van der Waals surface area (Å²) < 4.78 is 5.14. The van der Waals surface area contributed by atoms with Crippen LogP contribution in [0.4, 0.5) is 0 Å². The number of carbonyl (C=O) groups is 2. The Balaban J connectivity index is 3.44. The molecule has 0 bridgehead atoms. The zero-order valence-corrected chi connectivity index (χ0v) is 14.5. The maximum Gasteiger partial charge on any atom is 0.313 e. The Kier molecular flexibility index (Phi) is 11.3. The highest BCUT2D eigenvalue weighted by atomic mass is 16.6. The first-order chi connectivity index (χ1) is 9.85. The van der Waals surface area contributed by atoms with E-state index in [0.29, 0.717) is 6.42 Å². The van der Waals surface area contributed by atoms with Crippen LogP contribution in [0.1, 0.15) is 98.3 Å². The van der Waals surface area contributed by atoms with Crippen LogP contribution in [0, 0.1) is 0 Å². The van der Waals surface area contributed by atoms with Crippen molar-refractivity contribution in [1.82, 2.24) is 0 Å². The number of ether oxygens (including phenoxy) is 1. The maximum absolute atomic E-state index is 11.6. The van der Waals surface area contributed by atoms with Crippen molar-refractivity contribution in [1.29, 1.82) is 0 Å². The molecule has 0 atom stereocenters. The summed E-state index contributed by atoms with van der Waals surface area (Å²) in [5, 5.41) is 0. The molecule has 0 N–H and O–H groups in total. The Labute approximate surface area is 130 Å². The molecule has 124 valence electrons. The summed E-state index contributed by atoms with van der Waals surface area (Å²) in [4.78, 5) is 23.1. The summed E-state index contributed by atoms with van der Waals surface area (Å²) in [6.07, 6.45) is 11.5. The van der Waals surface area contributed by atoms with Crippen LogP contribution in [0.2, 0.25) is 0 Å². The van der Waals surface area contributed by atoms with Gasteiger partial charge in [0.15, 0.2) is 0 Å². The molecule has 0 aromatic rings. The standard InChI is InChI=1S/C18H34O3/c1-5-6-7-8-9-10-11-12-13-14-16(19)15-17(20)21-18(2,3)4/h5-15H2,1-4H3. The third kappa shape index (κ3) is 15.3. The van der Waals surface area contributed by atoms with E-state index in [1.807, 2.05) is 20.8 Å². The third-order valence-corrected chi connectivity index (χ3v) is 3.32. The highest BCUT2D eigenvalue weighted by molar-refractivity contribution is 5.95. The quantitative estimate of drug-likeness (QED) is 0.282. The Hall–Kier alpha value is -0.860. The van der Waals surface area contributed by atoms with Crippen molar-refractivity contribution in [3.8, 4) is 0 Å². The van der Waals surface area contributed by atoms with Gasteiger partial charge in [0.1, 0.15) is 17.8 Å². The van der Waals surface area contributed by atoms with Crippen LogP contribution in [0.3, 0.4) is 0 Å². The molecule has 0 heterocycles. The van der Waals surface area contributed by atoms with Gasteiger partial charge in [-0.1, -0.05) is 58.3 Å². The van der Waals surface area contributed by atoms with Gasteiger partial charge in [-0.25, -0.2) is 0 Å². The topological polar surface area (TPSA) is 43.4 Å². The van der Waals surface area contributed by atoms with Crippen molar-refractivity contribution >= 4 is 11.8 Å². The summed E-state index contributed by atoms with van der Waals surface area (Å²) in [6, 6.07) is 0. The lowest BCUT2D eigenvalue weighted by Crippen LogP contribution is -2.25. The van der Waals surface area contributed by atoms with Crippen molar-refractivity contribution in [2.75, 3.05) is 0 Å². The number of rotatable bonds is 12. The minimum atomic E-state index is -0.505. The van der Waals surface area contributed by atoms with Crippen LogP contribution in [-0.4, -0.2) is 17.4 Å². The molecule has 0 fully saturated rings. The van der Waals surface area contributed by atoms with Gasteiger partial charge in [0, 0.05) is 6.42 Å². The number of esters is 1. The second kappa shape index (κ2) is 11.8. The second-order valence-corrected chi connectivity index (χ2v) is 6.88. The molecule has 0 saturated carbocycles. The smallest absolute Gasteiger partial charge is 0.313 e. The number of Topliss-reactive ketones (excluding diaryl/α,β-unsaturated/α-hetero) is 1. The van der Waals surface area contributed by atoms with Crippen molar-refractivity contribution in [3.63, 3.8) is 0 Å². The van der Waals surface area contributed by atoms with Gasteiger partial charge in [-0.15, -0.1) is 0 Å². The molecule has 0 unspecified atom stereocenters. The predicted octanol–water partition coefficient (Wildman–Crippen LogP) is 5.21. The average Bonchev–Trinajstić information content (AvgIpc) is 2.34. The summed E-state index contributed by atoms with van der Waals surface area (Å²) >= 11 is 0. The minimum absolute atomic E-state index is 0.00666. The van der Waals surface area contributed by atoms with E-state index in [0.717, 1.165) is 12.8 Å². The first kappa shape index (κ1) is 20.1. The third-order valence-electron chi connectivity index (χ3n) is 3.32. The fourth-order valence-corrected chi connectivity index (χ4v) is 2.26. The number of ketones is 1. The summed E-state index contributed by atoms with van der Waals surface area (Å²) in [6.45, 7) is 7.68. The molecule has 0 amide bonds. The highest BCUT2D eigenvalue weighted by Gasteiger charge is 2.18. The summed E-state index contributed by atoms with van der Waals surface area (Å²) in [5.74, 6) is -0.393. The monoisotopic (exact) mass is 298 g/mol. The van der Waals surface area contributed by atoms with Crippen molar-refractivity contribution in [2.45, 2.75) is 104 Å². The lowest BCUT2D eigenvalue weighted by atomic mass is 10.0. The molecule has 3 nitrogen and oxygen atoms in total. The molecule has 21 heavy (non-hydrogen) atoms. The van der Waals surface area contributed by atoms with E-state index in [-0.39, 0.29) is 12.2 Å². The predicted molar refractivity (Wildman–Crippen MR) is 87.3 cm³/mol. The first-order valence-electron chi connectivity index (χ1n) is 8.58. The molecule has 0 aliphatic carbocycles. The van der Waals surface area contributed by atoms with Crippen LogP contribution in [0.25, 0.3) is 0 Å². The van der Waals surface area contributed by atoms with Crippen LogP contribution in [0.15, 0.2) is 0 Å². The maximum atomic E-state index is 11.6. The second-order valence-electron chi connectivity index (χ2n) is 6.88. The minimum Gasteiger partial charge on any atom is -0.460 e. The van der Waals surface area contributed by atoms with Crippen LogP contribution < -0.4 is 0 Å². The molecular formula is C18H34O3. The molecule has 0 spiro atoms. The molecule has 0 aromatic carbocycles. The molecule has 0 aromatic heterocycles. The van der Waals surface area contributed by atoms with Gasteiger partial charge in [-0.2, -0.15) is 0 Å². The van der Waals surface area contributed by atoms with E-state index in [2.05, 4.69) is 6.92 Å². The van der Waals surface area contributed by atoms with Gasteiger partial charge >= 0.3 is 5.97 Å². The number of carbonyl (C=O) groups excluding carboxylic acids is 2. The van der Waals surface area contributed by atoms with E-state index >= 15 is 0 Å². The largest absolute Gasteiger partial charge is 0.460 e. The van der Waals surface area contributed by atoms with Gasteiger partial charge < -0.3 is 4.74 Å². The number of hydrogen-bond acceptors (Lipinski definition) is 3. The molecule has 0 aliphatic rings. The average molecular weight is 298 g/mol. The molecule has 0 rings (SSSR count). The van der Waals surface area contributed by atoms with Gasteiger partial charge in [-0.05, 0) is 27.2 Å². The number of hydrogen-bond donors (Lipinski definition) is 0. The first-order valence-corrected chi connectivity index (χ1v) is 8.58. The Morgan fingerprint density at radius 2 is 1.29 bits per heavy atom. The summed E-state index contributed by atoms with van der Waals surface area (Å²) in [7, 11) is 0. The van der Waals surface area contributed by atoms with Crippen molar-refractivity contribution in [3.05, 3.63) is 0 Å². The van der Waals surface area contributed by atoms with Crippen LogP contribution >= 0.6 is 0 Å². The van der Waals surface area contributed by atoms with E-state index in [1.165, 1.54) is 44.9 Å². The van der Waals surface area contributed by atoms with Crippen LogP contribution in [0.5, 0.6) is 0 Å². The molecule has 0 aliphatic heterocycles. The van der Waals surface area contributed by atoms with E-state index in [9.17, 15) is 9.59 Å². The van der Waals surface area contributed by atoms with Crippen LogP contribution in [-0.2, 0) is 14.3 Å². The lowest BCUT2D eigenvalue weighted by molar-refractivity contribution is -0.156. The number of unbranched alkanes of at least 4 members (excludes halogenated alkanes) is 8. The van der Waals surface area contributed by atoms with Gasteiger partial charge in [-0.3, -0.25) is 9.59 Å². The fraction of sp³-hybridized carbons (Fsp3) is 0.889. The lowest BCUT2D eigenvalue weighted by Gasteiger charge is -2.19. The molecule has 3 heteroatoms. The molecular weight excluding hydrogens is 264 g/mol. The van der Waals surface area contributed by atoms with Crippen molar-refractivity contribution in [2.24, 2.45) is 0 Å². The van der Waals surface area contributed by atoms with E-state index < -0.39 is 11.6 Å². The highest BCUT2D eigenvalue weighted by Crippen LogP contribution is 2.12. The zero-order chi connectivity index (χ0) is 16.1. The van der Waals surface area contributed by atoms with Gasteiger partial charge in [0.05, 0.1) is 0 Å². The molecule has 0 radical (unpaired) electrons. The van der Waals surface area contributed by atoms with Gasteiger partial charge in [0.2, 0.25) is 0 Å². The Bertz CT molecular complexity index is 289. The van der Waals surface area contributed by atoms with Crippen molar-refractivity contribution < 1.29 is 14.3 Å². The molecule has 0 saturated heterocycles. The normalized spacial score (nSPS) is 11.4. The Morgan fingerprint density at radius 1 is 0.810 bits per heavy atom. The fourth-order valence-electron chi connectivity index (χ4n) is 2.26. The van der Waals surface area contributed by atoms with Gasteiger partial charge in [0.25, 0.3) is 0 Å². The SMILES string of the molecule is CCCCCCCCCCCC(=O)CC(=O)OC(C)(C)C. The Morgan fingerprint density at radius 3 is 1.76 bits per heavy atom. The van der Waals surface area contributed by atoms with E-state index in [4.69, 9.17) is 4.74 Å². The zero-order valence-electron chi connectivity index (χ0n) is 14.5.